The van der Waals surface area contributed by atoms with Gasteiger partial charge in [-0.2, -0.15) is 4.31 Å². The van der Waals surface area contributed by atoms with Crippen molar-refractivity contribution >= 4 is 33.5 Å². The molecule has 1 saturated heterocycles. The van der Waals surface area contributed by atoms with Crippen molar-refractivity contribution in [2.24, 2.45) is 5.92 Å². The highest BCUT2D eigenvalue weighted by molar-refractivity contribution is 7.69. The molecule has 2 aromatic rings. The Morgan fingerprint density at radius 3 is 2.51 bits per heavy atom. The summed E-state index contributed by atoms with van der Waals surface area (Å²) < 4.78 is 24.8. The van der Waals surface area contributed by atoms with Crippen molar-refractivity contribution in [2.75, 3.05) is 32.7 Å². The van der Waals surface area contributed by atoms with E-state index in [1.165, 1.54) is 27.6 Å². The maximum Gasteiger partial charge on any atom is 0.243 e. The molecule has 1 aliphatic rings. The summed E-state index contributed by atoms with van der Waals surface area (Å²) in [6.07, 6.45) is 6.81. The smallest absolute Gasteiger partial charge is 0.243 e. The maximum atomic E-state index is 12.3. The van der Waals surface area contributed by atoms with Crippen molar-refractivity contribution in [2.45, 2.75) is 38.8 Å². The Kier molecular flexibility index (Phi) is 9.66. The largest absolute Gasteiger partial charge is 0.343 e. The van der Waals surface area contributed by atoms with Gasteiger partial charge < -0.3 is 10.6 Å². The van der Waals surface area contributed by atoms with Crippen molar-refractivity contribution in [1.29, 1.82) is 0 Å². The van der Waals surface area contributed by atoms with Crippen LogP contribution in [0.4, 0.5) is 0 Å². The molecule has 2 atom stereocenters. The summed E-state index contributed by atoms with van der Waals surface area (Å²) in [6.45, 7) is 5.51. The molecule has 0 radical (unpaired) electrons. The molecule has 3 rings (SSSR count). The monoisotopic (exact) mass is 498 g/mol. The van der Waals surface area contributed by atoms with Crippen molar-refractivity contribution in [3.63, 3.8) is 0 Å². The standard InChI is InChI=1S/C26H34N4O4S/c1-4-14-27-26(32)19(2)28-25(31)18-30(35(33)34)17-21-12-15-29(16-13-21)20(3)23-11-7-9-22-8-5-6-10-24(22)23/h1,5-11,19-21,35H,12-18H2,2-3H3,(H,27,32)(H,28,31). The van der Waals surface area contributed by atoms with Gasteiger partial charge in [0, 0.05) is 12.6 Å². The second-order valence-electron chi connectivity index (χ2n) is 9.02. The van der Waals surface area contributed by atoms with Gasteiger partial charge in [-0.15, -0.1) is 6.42 Å². The zero-order valence-electron chi connectivity index (χ0n) is 20.3. The Labute approximate surface area is 209 Å². The van der Waals surface area contributed by atoms with Gasteiger partial charge in [0.15, 0.2) is 0 Å². The average molecular weight is 499 g/mol. The molecule has 1 fully saturated rings. The number of nitrogens with zero attached hydrogens (tertiary/aromatic N) is 2. The number of carbonyl (C=O) groups excluding carboxylic acids is 2. The first-order chi connectivity index (χ1) is 16.8. The zero-order valence-corrected chi connectivity index (χ0v) is 21.2. The SMILES string of the molecule is C#CCNC(=O)C(C)NC(=O)CN(CC1CCN(C(C)c2cccc3ccccc23)CC1)[SH](=O)=O. The molecule has 0 aliphatic carbocycles. The Hall–Kier alpha value is -2.93. The predicted molar refractivity (Wildman–Crippen MR) is 138 cm³/mol. The number of nitrogens with one attached hydrogen (secondary N) is 2. The van der Waals surface area contributed by atoms with E-state index in [0.717, 1.165) is 25.9 Å². The van der Waals surface area contributed by atoms with E-state index in [1.807, 2.05) is 6.07 Å². The van der Waals surface area contributed by atoms with E-state index >= 15 is 0 Å². The third-order valence-electron chi connectivity index (χ3n) is 6.63. The van der Waals surface area contributed by atoms with Crippen LogP contribution in [0.3, 0.4) is 0 Å². The van der Waals surface area contributed by atoms with E-state index in [4.69, 9.17) is 6.42 Å². The first kappa shape index (κ1) is 26.7. The van der Waals surface area contributed by atoms with E-state index in [0.29, 0.717) is 6.54 Å². The highest BCUT2D eigenvalue weighted by Crippen LogP contribution is 2.31. The first-order valence-electron chi connectivity index (χ1n) is 11.9. The number of thiol groups is 1. The Bertz CT molecular complexity index is 1140. The second kappa shape index (κ2) is 12.7. The number of likely N-dealkylation sites (tertiary alicyclic amines) is 1. The lowest BCUT2D eigenvalue weighted by atomic mass is 9.93. The number of piperidine rings is 1. The zero-order chi connectivity index (χ0) is 25.4. The van der Waals surface area contributed by atoms with Crippen LogP contribution in [0.15, 0.2) is 42.5 Å². The topological polar surface area (TPSA) is 98.8 Å². The van der Waals surface area contributed by atoms with Crippen LogP contribution in [0.1, 0.15) is 38.3 Å². The second-order valence-corrected chi connectivity index (χ2v) is 10.1. The fourth-order valence-corrected chi connectivity index (χ4v) is 5.24. The van der Waals surface area contributed by atoms with Gasteiger partial charge in [-0.25, -0.2) is 8.42 Å². The highest BCUT2D eigenvalue weighted by atomic mass is 32.2. The predicted octanol–water partition coefficient (Wildman–Crippen LogP) is 1.70. The number of fused-ring (bicyclic) bond motifs is 1. The minimum absolute atomic E-state index is 0.0649. The summed E-state index contributed by atoms with van der Waals surface area (Å²) in [6, 6.07) is 14.2. The molecule has 0 bridgehead atoms. The Morgan fingerprint density at radius 2 is 1.83 bits per heavy atom. The number of terminal acetylenes is 1. The quantitative estimate of drug-likeness (QED) is 0.342. The van der Waals surface area contributed by atoms with Gasteiger partial charge in [-0.3, -0.25) is 14.5 Å². The Morgan fingerprint density at radius 1 is 1.14 bits per heavy atom. The van der Waals surface area contributed by atoms with Gasteiger partial charge in [0.2, 0.25) is 22.7 Å². The van der Waals surface area contributed by atoms with Gasteiger partial charge in [0.05, 0.1) is 13.1 Å². The number of benzene rings is 2. The summed E-state index contributed by atoms with van der Waals surface area (Å²) in [5, 5.41) is 7.50. The molecule has 8 nitrogen and oxygen atoms in total. The molecule has 2 N–H and O–H groups in total. The summed E-state index contributed by atoms with van der Waals surface area (Å²) in [4.78, 5) is 26.7. The maximum absolute atomic E-state index is 12.3. The lowest BCUT2D eigenvalue weighted by Gasteiger charge is -2.37. The summed E-state index contributed by atoms with van der Waals surface area (Å²) in [5.41, 5.74) is 1.29. The van der Waals surface area contributed by atoms with Gasteiger partial charge in [-0.1, -0.05) is 48.4 Å². The fraction of sp³-hybridized carbons (Fsp3) is 0.462. The molecule has 0 saturated carbocycles. The minimum atomic E-state index is -2.92. The van der Waals surface area contributed by atoms with Crippen LogP contribution < -0.4 is 10.6 Å². The van der Waals surface area contributed by atoms with Crippen LogP contribution in [-0.2, 0) is 20.5 Å². The Balaban J connectivity index is 1.53. The molecule has 2 aromatic carbocycles. The number of amides is 2. The average Bonchev–Trinajstić information content (AvgIpc) is 2.86. The normalized spacial score (nSPS) is 16.7. The molecule has 188 valence electrons. The molecule has 0 aromatic heterocycles. The minimum Gasteiger partial charge on any atom is -0.343 e. The molecular formula is C26H34N4O4S. The van der Waals surface area contributed by atoms with Crippen LogP contribution in [0, 0.1) is 18.3 Å². The van der Waals surface area contributed by atoms with Gasteiger partial charge in [-0.05, 0) is 62.0 Å². The van der Waals surface area contributed by atoms with Gasteiger partial charge in [0.25, 0.3) is 0 Å². The van der Waals surface area contributed by atoms with Crippen molar-refractivity contribution in [3.05, 3.63) is 48.0 Å². The number of carbonyl (C=O) groups is 2. The third-order valence-corrected chi connectivity index (χ3v) is 7.40. The lowest BCUT2D eigenvalue weighted by Crippen LogP contribution is -2.48. The lowest BCUT2D eigenvalue weighted by molar-refractivity contribution is -0.128. The van der Waals surface area contributed by atoms with E-state index in [1.54, 1.807) is 0 Å². The van der Waals surface area contributed by atoms with Gasteiger partial charge in [0.1, 0.15) is 6.04 Å². The third kappa shape index (κ3) is 7.28. The first-order valence-corrected chi connectivity index (χ1v) is 13.0. The molecule has 2 unspecified atom stereocenters. The van der Waals surface area contributed by atoms with E-state index < -0.39 is 28.7 Å². The van der Waals surface area contributed by atoms with Crippen LogP contribution in [-0.4, -0.2) is 68.2 Å². The van der Waals surface area contributed by atoms with Crippen molar-refractivity contribution in [1.82, 2.24) is 19.8 Å². The molecule has 2 amide bonds. The van der Waals surface area contributed by atoms with E-state index in [-0.39, 0.29) is 25.0 Å². The molecule has 1 aliphatic heterocycles. The van der Waals surface area contributed by atoms with Crippen molar-refractivity contribution in [3.8, 4) is 12.3 Å². The molecule has 0 spiro atoms. The summed E-state index contributed by atoms with van der Waals surface area (Å²) in [5.74, 6) is 1.53. The number of rotatable bonds is 10. The fourth-order valence-electron chi connectivity index (χ4n) is 4.63. The van der Waals surface area contributed by atoms with Crippen LogP contribution in [0.5, 0.6) is 0 Å². The molecule has 35 heavy (non-hydrogen) atoms. The van der Waals surface area contributed by atoms with E-state index in [9.17, 15) is 18.0 Å². The van der Waals surface area contributed by atoms with Crippen LogP contribution in [0.2, 0.25) is 0 Å². The number of hydrogen-bond acceptors (Lipinski definition) is 5. The molecule has 1 heterocycles. The molecule has 9 heteroatoms. The summed E-state index contributed by atoms with van der Waals surface area (Å²) in [7, 11) is -2.92. The van der Waals surface area contributed by atoms with Crippen molar-refractivity contribution < 1.29 is 18.0 Å². The van der Waals surface area contributed by atoms with Crippen LogP contribution in [0.25, 0.3) is 10.8 Å². The number of hydrogen-bond donors (Lipinski definition) is 3. The molecular weight excluding hydrogens is 464 g/mol. The van der Waals surface area contributed by atoms with Gasteiger partial charge >= 0.3 is 0 Å². The van der Waals surface area contributed by atoms with E-state index in [2.05, 4.69) is 64.8 Å². The highest BCUT2D eigenvalue weighted by Gasteiger charge is 2.27. The summed E-state index contributed by atoms with van der Waals surface area (Å²) >= 11 is 0. The van der Waals surface area contributed by atoms with Crippen LogP contribution >= 0.6 is 0 Å².